The minimum atomic E-state index is -1.05. The molecule has 12 nitrogen and oxygen atoms in total. The maximum absolute atomic E-state index is 14.5. The number of carbonyl (C=O) groups is 1. The van der Waals surface area contributed by atoms with Crippen LogP contribution in [0.1, 0.15) is 13.8 Å². The molecule has 3 N–H and O–H groups in total. The highest BCUT2D eigenvalue weighted by atomic mass is 19.1. The van der Waals surface area contributed by atoms with E-state index in [4.69, 9.17) is 18.9 Å². The van der Waals surface area contributed by atoms with Gasteiger partial charge in [-0.3, -0.25) is 10.0 Å². The first-order chi connectivity index (χ1) is 16.7. The number of carbonyl (C=O) groups excluding carboxylic acids is 1. The molecule has 4 rings (SSSR count). The third-order valence-corrected chi connectivity index (χ3v) is 5.06. The van der Waals surface area contributed by atoms with Crippen molar-refractivity contribution >= 4 is 35.0 Å². The topological polar surface area (TPSA) is 140 Å². The van der Waals surface area contributed by atoms with Crippen molar-refractivity contribution in [3.05, 3.63) is 36.3 Å². The van der Waals surface area contributed by atoms with Gasteiger partial charge in [-0.15, -0.1) is 0 Å². The highest BCUT2D eigenvalue weighted by Crippen LogP contribution is 2.42. The summed E-state index contributed by atoms with van der Waals surface area (Å²) in [4.78, 5) is 24.3. The minimum absolute atomic E-state index is 0.173. The molecule has 35 heavy (non-hydrogen) atoms. The number of aromatic nitrogens is 3. The van der Waals surface area contributed by atoms with Gasteiger partial charge in [0.1, 0.15) is 5.82 Å². The SMILES string of the molecule is COc1cc(N(O)c2ncc(F)c(Nc3ccc4c(n3)NC(=O)C(C)(C)O4)n2)cc(OC)c1OC. The molecular weight excluding hydrogens is 463 g/mol. The molecule has 3 heterocycles. The third-order valence-electron chi connectivity index (χ3n) is 5.06. The maximum atomic E-state index is 14.5. The zero-order valence-corrected chi connectivity index (χ0v) is 19.5. The first kappa shape index (κ1) is 23.8. The van der Waals surface area contributed by atoms with E-state index in [1.165, 1.54) is 39.5 Å². The Balaban J connectivity index is 1.63. The number of fused-ring (bicyclic) bond motifs is 1. The average molecular weight is 486 g/mol. The number of nitrogens with zero attached hydrogens (tertiary/aromatic N) is 4. The smallest absolute Gasteiger partial charge is 0.269 e. The summed E-state index contributed by atoms with van der Waals surface area (Å²) >= 11 is 0. The summed E-state index contributed by atoms with van der Waals surface area (Å²) in [6.07, 6.45) is 0.887. The van der Waals surface area contributed by atoms with Crippen molar-refractivity contribution in [2.45, 2.75) is 19.4 Å². The lowest BCUT2D eigenvalue weighted by molar-refractivity contribution is -0.129. The van der Waals surface area contributed by atoms with Gasteiger partial charge in [0.2, 0.25) is 5.75 Å². The Morgan fingerprint density at radius 3 is 2.43 bits per heavy atom. The Labute approximate surface area is 199 Å². The lowest BCUT2D eigenvalue weighted by Gasteiger charge is -2.30. The Hall–Kier alpha value is -4.39. The highest BCUT2D eigenvalue weighted by molar-refractivity contribution is 5.99. The largest absolute Gasteiger partial charge is 0.493 e. The van der Waals surface area contributed by atoms with E-state index in [1.807, 2.05) is 0 Å². The van der Waals surface area contributed by atoms with Crippen LogP contribution in [0, 0.1) is 5.82 Å². The molecule has 3 aromatic rings. The number of halogens is 1. The number of hydrogen-bond acceptors (Lipinski definition) is 11. The second-order valence-electron chi connectivity index (χ2n) is 7.80. The van der Waals surface area contributed by atoms with Crippen LogP contribution in [0.4, 0.5) is 33.5 Å². The van der Waals surface area contributed by atoms with Gasteiger partial charge in [0.15, 0.2) is 40.3 Å². The fourth-order valence-corrected chi connectivity index (χ4v) is 3.24. The molecule has 2 aromatic heterocycles. The van der Waals surface area contributed by atoms with Crippen LogP contribution >= 0.6 is 0 Å². The van der Waals surface area contributed by atoms with Gasteiger partial charge in [-0.25, -0.2) is 14.4 Å². The van der Waals surface area contributed by atoms with Gasteiger partial charge >= 0.3 is 0 Å². The fraction of sp³-hybridized carbons (Fsp3) is 0.273. The highest BCUT2D eigenvalue weighted by Gasteiger charge is 2.36. The Kier molecular flexibility index (Phi) is 6.18. The Morgan fingerprint density at radius 2 is 1.80 bits per heavy atom. The quantitative estimate of drug-likeness (QED) is 0.423. The molecule has 0 unspecified atom stereocenters. The van der Waals surface area contributed by atoms with Crippen LogP contribution < -0.4 is 34.6 Å². The van der Waals surface area contributed by atoms with E-state index in [0.717, 1.165) is 6.20 Å². The molecule has 0 saturated carbocycles. The standard InChI is InChI=1S/C22H23FN6O6/c1-22(2)20(30)27-19-13(35-22)6-7-16(26-19)25-18-12(23)10-24-21(28-18)29(31)11-8-14(32-3)17(34-5)15(9-11)33-4/h6-10,31H,1-5H3,(H2,24,25,26,27,28,30). The number of nitrogens with one attached hydrogen (secondary N) is 2. The molecule has 1 aliphatic rings. The van der Waals surface area contributed by atoms with Crippen LogP contribution in [0.2, 0.25) is 0 Å². The first-order valence-corrected chi connectivity index (χ1v) is 10.3. The predicted octanol–water partition coefficient (Wildman–Crippen LogP) is 3.42. The van der Waals surface area contributed by atoms with Crippen molar-refractivity contribution in [3.63, 3.8) is 0 Å². The van der Waals surface area contributed by atoms with Gasteiger partial charge in [0.25, 0.3) is 11.9 Å². The van der Waals surface area contributed by atoms with Crippen molar-refractivity contribution < 1.29 is 33.3 Å². The van der Waals surface area contributed by atoms with Gasteiger partial charge < -0.3 is 29.6 Å². The molecule has 1 aliphatic heterocycles. The van der Waals surface area contributed by atoms with E-state index in [0.29, 0.717) is 16.6 Å². The number of amides is 1. The molecule has 0 bridgehead atoms. The number of ether oxygens (including phenoxy) is 4. The normalized spacial score (nSPS) is 13.7. The summed E-state index contributed by atoms with van der Waals surface area (Å²) in [5.74, 6) is -0.0702. The first-order valence-electron chi connectivity index (χ1n) is 10.3. The summed E-state index contributed by atoms with van der Waals surface area (Å²) < 4.78 is 36.0. The van der Waals surface area contributed by atoms with Crippen LogP contribution in [0.5, 0.6) is 23.0 Å². The lowest BCUT2D eigenvalue weighted by Crippen LogP contribution is -2.46. The zero-order chi connectivity index (χ0) is 25.3. The zero-order valence-electron chi connectivity index (χ0n) is 19.5. The average Bonchev–Trinajstić information content (AvgIpc) is 2.84. The van der Waals surface area contributed by atoms with Gasteiger partial charge in [-0.05, 0) is 26.0 Å². The van der Waals surface area contributed by atoms with Crippen LogP contribution in [0.3, 0.4) is 0 Å². The summed E-state index contributed by atoms with van der Waals surface area (Å²) in [6, 6.07) is 6.05. The Bertz CT molecular complexity index is 1260. The van der Waals surface area contributed by atoms with Crippen LogP contribution in [-0.2, 0) is 4.79 Å². The number of benzene rings is 1. The van der Waals surface area contributed by atoms with Gasteiger partial charge in [-0.2, -0.15) is 10.0 Å². The molecule has 1 aromatic carbocycles. The summed E-state index contributed by atoms with van der Waals surface area (Å²) in [6.45, 7) is 3.26. The molecular formula is C22H23FN6O6. The van der Waals surface area contributed by atoms with Gasteiger partial charge in [0.05, 0.1) is 33.2 Å². The monoisotopic (exact) mass is 486 g/mol. The van der Waals surface area contributed by atoms with Gasteiger partial charge in [-0.1, -0.05) is 0 Å². The molecule has 0 aliphatic carbocycles. The minimum Gasteiger partial charge on any atom is -0.493 e. The molecule has 0 fully saturated rings. The van der Waals surface area contributed by atoms with Gasteiger partial charge in [0, 0.05) is 12.1 Å². The molecule has 1 amide bonds. The Morgan fingerprint density at radius 1 is 1.11 bits per heavy atom. The molecule has 13 heteroatoms. The number of methoxy groups -OCH3 is 3. The summed E-state index contributed by atoms with van der Waals surface area (Å²) in [7, 11) is 4.31. The number of pyridine rings is 1. The lowest BCUT2D eigenvalue weighted by atomic mass is 10.1. The second-order valence-corrected chi connectivity index (χ2v) is 7.80. The van der Waals surface area contributed by atoms with E-state index in [-0.39, 0.29) is 46.5 Å². The van der Waals surface area contributed by atoms with E-state index in [9.17, 15) is 14.4 Å². The van der Waals surface area contributed by atoms with Crippen LogP contribution in [0.25, 0.3) is 0 Å². The number of anilines is 5. The van der Waals surface area contributed by atoms with Crippen molar-refractivity contribution in [1.82, 2.24) is 15.0 Å². The molecule has 0 saturated heterocycles. The van der Waals surface area contributed by atoms with Crippen molar-refractivity contribution in [3.8, 4) is 23.0 Å². The summed E-state index contributed by atoms with van der Waals surface area (Å²) in [5, 5.41) is 16.7. The van der Waals surface area contributed by atoms with Crippen molar-refractivity contribution in [1.29, 1.82) is 0 Å². The van der Waals surface area contributed by atoms with E-state index in [2.05, 4.69) is 25.6 Å². The summed E-state index contributed by atoms with van der Waals surface area (Å²) in [5.41, 5.74) is -0.874. The molecule has 184 valence electrons. The number of rotatable bonds is 7. The van der Waals surface area contributed by atoms with Crippen LogP contribution in [-0.4, -0.2) is 53.0 Å². The number of hydrogen-bond donors (Lipinski definition) is 3. The van der Waals surface area contributed by atoms with Crippen molar-refractivity contribution in [2.75, 3.05) is 37.0 Å². The van der Waals surface area contributed by atoms with E-state index in [1.54, 1.807) is 19.9 Å². The van der Waals surface area contributed by atoms with Crippen LogP contribution in [0.15, 0.2) is 30.5 Å². The fourth-order valence-electron chi connectivity index (χ4n) is 3.24. The molecule has 0 spiro atoms. The van der Waals surface area contributed by atoms with E-state index < -0.39 is 11.4 Å². The van der Waals surface area contributed by atoms with E-state index >= 15 is 0 Å². The maximum Gasteiger partial charge on any atom is 0.269 e. The molecule has 0 atom stereocenters. The van der Waals surface area contributed by atoms with Crippen molar-refractivity contribution in [2.24, 2.45) is 0 Å². The molecule has 0 radical (unpaired) electrons. The second kappa shape index (κ2) is 9.10. The predicted molar refractivity (Wildman–Crippen MR) is 123 cm³/mol. The third kappa shape index (κ3) is 4.53.